The molecule has 3 rings (SSSR count). The lowest BCUT2D eigenvalue weighted by Gasteiger charge is -2.39. The van der Waals surface area contributed by atoms with Gasteiger partial charge in [0.2, 0.25) is 21.8 Å². The molecule has 1 aromatic rings. The monoisotopic (exact) mass is 411 g/mol. The Bertz CT molecular complexity index is 843. The first-order valence-corrected chi connectivity index (χ1v) is 11.3. The van der Waals surface area contributed by atoms with E-state index < -0.39 is 15.4 Å². The normalized spacial score (nSPS) is 22.9. The van der Waals surface area contributed by atoms with Crippen LogP contribution in [0.3, 0.4) is 0 Å². The molecule has 0 unspecified atom stereocenters. The SMILES string of the molecule is CS(=O)(=O)NCCC(=O)N1CC[C@@]2(CCCN(Cc3ccc(F)cc3)C2=O)C1. The summed E-state index contributed by atoms with van der Waals surface area (Å²) in [6, 6.07) is 6.15. The number of nitrogens with zero attached hydrogens (tertiary/aromatic N) is 2. The minimum Gasteiger partial charge on any atom is -0.342 e. The second-order valence-electron chi connectivity index (χ2n) is 7.72. The first-order chi connectivity index (χ1) is 13.2. The molecule has 0 radical (unpaired) electrons. The molecule has 2 aliphatic heterocycles. The summed E-state index contributed by atoms with van der Waals surface area (Å²) in [5, 5.41) is 0. The van der Waals surface area contributed by atoms with Gasteiger partial charge in [-0.3, -0.25) is 9.59 Å². The molecule has 2 heterocycles. The van der Waals surface area contributed by atoms with Crippen LogP contribution in [0.25, 0.3) is 0 Å². The summed E-state index contributed by atoms with van der Waals surface area (Å²) in [7, 11) is -3.32. The lowest BCUT2D eigenvalue weighted by molar-refractivity contribution is -0.146. The van der Waals surface area contributed by atoms with E-state index in [-0.39, 0.29) is 30.6 Å². The van der Waals surface area contributed by atoms with E-state index >= 15 is 0 Å². The minimum absolute atomic E-state index is 0.0487. The van der Waals surface area contributed by atoms with Gasteiger partial charge in [-0.05, 0) is 37.0 Å². The van der Waals surface area contributed by atoms with Crippen molar-refractivity contribution in [3.8, 4) is 0 Å². The number of carbonyl (C=O) groups excluding carboxylic acids is 2. The summed E-state index contributed by atoms with van der Waals surface area (Å²) in [6.07, 6.45) is 3.37. The van der Waals surface area contributed by atoms with Gasteiger partial charge in [0.25, 0.3) is 0 Å². The van der Waals surface area contributed by atoms with Crippen LogP contribution in [0.5, 0.6) is 0 Å². The number of hydrogen-bond acceptors (Lipinski definition) is 4. The molecule has 2 amide bonds. The van der Waals surface area contributed by atoms with Crippen LogP contribution in [0.2, 0.25) is 0 Å². The van der Waals surface area contributed by atoms with Crippen molar-refractivity contribution in [1.82, 2.24) is 14.5 Å². The van der Waals surface area contributed by atoms with Crippen LogP contribution in [0.15, 0.2) is 24.3 Å². The van der Waals surface area contributed by atoms with Crippen molar-refractivity contribution in [2.45, 2.75) is 32.2 Å². The molecule has 0 bridgehead atoms. The van der Waals surface area contributed by atoms with Gasteiger partial charge in [-0.1, -0.05) is 12.1 Å². The average molecular weight is 411 g/mol. The smallest absolute Gasteiger partial charge is 0.230 e. The standard InChI is InChI=1S/C19H26FN3O4S/c1-28(26,27)21-10-7-17(24)23-12-9-19(14-23)8-2-11-22(18(19)25)13-15-3-5-16(20)6-4-15/h3-6,21H,2,7-14H2,1H3/t19-/m0/s1. The maximum absolute atomic E-state index is 13.2. The second kappa shape index (κ2) is 8.16. The van der Waals surface area contributed by atoms with E-state index in [1.165, 1.54) is 12.1 Å². The van der Waals surface area contributed by atoms with Crippen LogP contribution < -0.4 is 4.72 Å². The number of hydrogen-bond donors (Lipinski definition) is 1. The molecule has 154 valence electrons. The Labute approximate surface area is 164 Å². The van der Waals surface area contributed by atoms with Crippen molar-refractivity contribution < 1.29 is 22.4 Å². The van der Waals surface area contributed by atoms with Gasteiger partial charge in [0.05, 0.1) is 11.7 Å². The Kier molecular flexibility index (Phi) is 6.04. The second-order valence-corrected chi connectivity index (χ2v) is 9.55. The maximum Gasteiger partial charge on any atom is 0.230 e. The minimum atomic E-state index is -3.32. The molecule has 0 aromatic heterocycles. The highest BCUT2D eigenvalue weighted by atomic mass is 32.2. The molecule has 2 saturated heterocycles. The number of nitrogens with one attached hydrogen (secondary N) is 1. The molecule has 9 heteroatoms. The van der Waals surface area contributed by atoms with Gasteiger partial charge in [0.1, 0.15) is 5.82 Å². The van der Waals surface area contributed by atoms with Crippen LogP contribution >= 0.6 is 0 Å². The molecular weight excluding hydrogens is 385 g/mol. The largest absolute Gasteiger partial charge is 0.342 e. The van der Waals surface area contributed by atoms with Gasteiger partial charge < -0.3 is 9.80 Å². The predicted molar refractivity (Wildman–Crippen MR) is 102 cm³/mol. The van der Waals surface area contributed by atoms with Crippen LogP contribution in [-0.2, 0) is 26.2 Å². The Morgan fingerprint density at radius 1 is 1.21 bits per heavy atom. The highest BCUT2D eigenvalue weighted by molar-refractivity contribution is 7.88. The molecule has 7 nitrogen and oxygen atoms in total. The molecule has 0 saturated carbocycles. The van der Waals surface area contributed by atoms with Crippen molar-refractivity contribution >= 4 is 21.8 Å². The summed E-state index contributed by atoms with van der Waals surface area (Å²) < 4.78 is 37.7. The van der Waals surface area contributed by atoms with Crippen molar-refractivity contribution in [3.63, 3.8) is 0 Å². The van der Waals surface area contributed by atoms with Crippen molar-refractivity contribution in [1.29, 1.82) is 0 Å². The highest BCUT2D eigenvalue weighted by Crippen LogP contribution is 2.40. The van der Waals surface area contributed by atoms with Crippen LogP contribution in [0.4, 0.5) is 4.39 Å². The number of sulfonamides is 1. The number of benzene rings is 1. The molecule has 1 N–H and O–H groups in total. The Morgan fingerprint density at radius 3 is 2.61 bits per heavy atom. The van der Waals surface area contributed by atoms with Crippen LogP contribution in [0, 0.1) is 11.2 Å². The van der Waals surface area contributed by atoms with Crippen molar-refractivity contribution in [3.05, 3.63) is 35.6 Å². The quantitative estimate of drug-likeness (QED) is 0.760. The van der Waals surface area contributed by atoms with E-state index in [0.717, 1.165) is 24.7 Å². The van der Waals surface area contributed by atoms with Crippen LogP contribution in [0.1, 0.15) is 31.2 Å². The zero-order valence-corrected chi connectivity index (χ0v) is 16.8. The van der Waals surface area contributed by atoms with E-state index in [2.05, 4.69) is 4.72 Å². The fraction of sp³-hybridized carbons (Fsp3) is 0.579. The van der Waals surface area contributed by atoms with Gasteiger partial charge in [-0.25, -0.2) is 17.5 Å². The number of rotatable bonds is 6. The molecule has 2 fully saturated rings. The van der Waals surface area contributed by atoms with Gasteiger partial charge in [-0.15, -0.1) is 0 Å². The summed E-state index contributed by atoms with van der Waals surface area (Å²) in [5.41, 5.74) is 0.322. The number of amides is 2. The summed E-state index contributed by atoms with van der Waals surface area (Å²) in [5.74, 6) is -0.399. The van der Waals surface area contributed by atoms with E-state index in [9.17, 15) is 22.4 Å². The Hall–Kier alpha value is -2.00. The predicted octanol–water partition coefficient (Wildman–Crippen LogP) is 1.11. The third-order valence-corrected chi connectivity index (χ3v) is 6.25. The summed E-state index contributed by atoms with van der Waals surface area (Å²) in [4.78, 5) is 29.0. The third kappa shape index (κ3) is 4.88. The zero-order valence-electron chi connectivity index (χ0n) is 16.0. The summed E-state index contributed by atoms with van der Waals surface area (Å²) in [6.45, 7) is 2.04. The molecule has 1 spiro atoms. The van der Waals surface area contributed by atoms with Crippen LogP contribution in [-0.4, -0.2) is 62.5 Å². The lowest BCUT2D eigenvalue weighted by Crippen LogP contribution is -2.50. The lowest BCUT2D eigenvalue weighted by atomic mass is 9.78. The number of piperidine rings is 1. The fourth-order valence-electron chi connectivity index (χ4n) is 4.08. The van der Waals surface area contributed by atoms with E-state index in [4.69, 9.17) is 0 Å². The van der Waals surface area contributed by atoms with Gasteiger partial charge in [-0.2, -0.15) is 0 Å². The van der Waals surface area contributed by atoms with Crippen molar-refractivity contribution in [2.24, 2.45) is 5.41 Å². The van der Waals surface area contributed by atoms with E-state index in [0.29, 0.717) is 32.6 Å². The topological polar surface area (TPSA) is 86.8 Å². The Balaban J connectivity index is 1.60. The molecule has 0 aliphatic carbocycles. The average Bonchev–Trinajstić information content (AvgIpc) is 3.05. The zero-order chi connectivity index (χ0) is 20.4. The third-order valence-electron chi connectivity index (χ3n) is 5.52. The Morgan fingerprint density at radius 2 is 1.93 bits per heavy atom. The number of halogens is 1. The number of carbonyl (C=O) groups is 2. The van der Waals surface area contributed by atoms with Gasteiger partial charge >= 0.3 is 0 Å². The molecule has 28 heavy (non-hydrogen) atoms. The van der Waals surface area contributed by atoms with E-state index in [1.54, 1.807) is 21.9 Å². The van der Waals surface area contributed by atoms with E-state index in [1.807, 2.05) is 0 Å². The summed E-state index contributed by atoms with van der Waals surface area (Å²) >= 11 is 0. The van der Waals surface area contributed by atoms with Gasteiger partial charge in [0.15, 0.2) is 0 Å². The first-order valence-electron chi connectivity index (χ1n) is 9.45. The first kappa shape index (κ1) is 20.7. The highest BCUT2D eigenvalue weighted by Gasteiger charge is 2.49. The van der Waals surface area contributed by atoms with Crippen molar-refractivity contribution in [2.75, 3.05) is 32.4 Å². The molecule has 1 aromatic carbocycles. The maximum atomic E-state index is 13.2. The molecule has 1 atom stereocenters. The molecular formula is C19H26FN3O4S. The number of likely N-dealkylation sites (tertiary alicyclic amines) is 2. The van der Waals surface area contributed by atoms with Gasteiger partial charge in [0, 0.05) is 39.1 Å². The fourth-order valence-corrected chi connectivity index (χ4v) is 4.55. The molecule has 2 aliphatic rings.